The van der Waals surface area contributed by atoms with Crippen LogP contribution in [0.4, 0.5) is 4.39 Å². The van der Waals surface area contributed by atoms with Gasteiger partial charge in [0.05, 0.1) is 18.4 Å². The Kier molecular flexibility index (Phi) is 4.84. The zero-order chi connectivity index (χ0) is 18.6. The lowest BCUT2D eigenvalue weighted by Gasteiger charge is -1.98. The number of benzene rings is 2. The number of aromatic amines is 1. The van der Waals surface area contributed by atoms with E-state index in [-0.39, 0.29) is 5.82 Å². The summed E-state index contributed by atoms with van der Waals surface area (Å²) in [6.07, 6.45) is 0. The first-order chi connectivity index (χ1) is 13.2. The van der Waals surface area contributed by atoms with E-state index >= 15 is 0 Å². The zero-order valence-electron chi connectivity index (χ0n) is 14.2. The van der Waals surface area contributed by atoms with Gasteiger partial charge in [0.1, 0.15) is 11.6 Å². The summed E-state index contributed by atoms with van der Waals surface area (Å²) in [6.45, 7) is 0. The summed E-state index contributed by atoms with van der Waals surface area (Å²) < 4.78 is 24.2. The van der Waals surface area contributed by atoms with Gasteiger partial charge in [0.15, 0.2) is 5.82 Å². The van der Waals surface area contributed by atoms with Gasteiger partial charge in [-0.05, 0) is 36.4 Å². The van der Waals surface area contributed by atoms with Gasteiger partial charge < -0.3 is 9.26 Å². The molecule has 0 aliphatic carbocycles. The highest BCUT2D eigenvalue weighted by Gasteiger charge is 2.13. The summed E-state index contributed by atoms with van der Waals surface area (Å²) in [5.41, 5.74) is 1.20. The molecule has 0 unspecified atom stereocenters. The van der Waals surface area contributed by atoms with Crippen molar-refractivity contribution < 1.29 is 13.7 Å². The van der Waals surface area contributed by atoms with Gasteiger partial charge in [0, 0.05) is 5.56 Å². The maximum absolute atomic E-state index is 13.8. The Hall–Kier alpha value is -3.20. The Bertz CT molecular complexity index is 1050. The minimum absolute atomic E-state index is 0.355. The minimum Gasteiger partial charge on any atom is -0.497 e. The van der Waals surface area contributed by atoms with Crippen molar-refractivity contribution in [2.45, 2.75) is 10.9 Å². The standard InChI is InChI=1S/C18H14FN5O2S/c1-25-12-8-6-11(7-9-12)16-20-15(26-24-16)10-27-18-21-17(22-23-18)13-4-2-3-5-14(13)19/h2-9H,10H2,1H3,(H,21,22,23). The highest BCUT2D eigenvalue weighted by Crippen LogP contribution is 2.25. The average molecular weight is 383 g/mol. The molecule has 0 bridgehead atoms. The fourth-order valence-corrected chi connectivity index (χ4v) is 3.02. The van der Waals surface area contributed by atoms with Crippen LogP contribution in [0.15, 0.2) is 58.2 Å². The van der Waals surface area contributed by atoms with Crippen molar-refractivity contribution in [3.05, 3.63) is 60.2 Å². The van der Waals surface area contributed by atoms with Crippen molar-refractivity contribution in [3.8, 4) is 28.5 Å². The third-order valence-electron chi connectivity index (χ3n) is 3.73. The Morgan fingerprint density at radius 2 is 1.93 bits per heavy atom. The van der Waals surface area contributed by atoms with E-state index < -0.39 is 0 Å². The lowest BCUT2D eigenvalue weighted by molar-refractivity contribution is 0.391. The number of aromatic nitrogens is 5. The molecule has 0 saturated heterocycles. The number of methoxy groups -OCH3 is 1. The molecule has 0 fully saturated rings. The first-order valence-corrected chi connectivity index (χ1v) is 8.98. The Labute approximate surface area is 158 Å². The molecule has 136 valence electrons. The summed E-state index contributed by atoms with van der Waals surface area (Å²) in [5.74, 6) is 2.12. The molecule has 0 amide bonds. The van der Waals surface area contributed by atoms with Crippen LogP contribution in [0.2, 0.25) is 0 Å². The number of ether oxygens (including phenoxy) is 1. The van der Waals surface area contributed by atoms with Gasteiger partial charge in [-0.3, -0.25) is 5.10 Å². The van der Waals surface area contributed by atoms with Gasteiger partial charge in [-0.2, -0.15) is 4.98 Å². The van der Waals surface area contributed by atoms with Gasteiger partial charge in [-0.25, -0.2) is 9.37 Å². The Morgan fingerprint density at radius 3 is 2.70 bits per heavy atom. The van der Waals surface area contributed by atoms with Crippen molar-refractivity contribution in [1.82, 2.24) is 25.3 Å². The van der Waals surface area contributed by atoms with E-state index in [4.69, 9.17) is 9.26 Å². The predicted octanol–water partition coefficient (Wildman–Crippen LogP) is 3.96. The van der Waals surface area contributed by atoms with E-state index in [1.807, 2.05) is 24.3 Å². The van der Waals surface area contributed by atoms with Crippen molar-refractivity contribution >= 4 is 11.8 Å². The predicted molar refractivity (Wildman–Crippen MR) is 97.6 cm³/mol. The van der Waals surface area contributed by atoms with Gasteiger partial charge >= 0.3 is 0 Å². The van der Waals surface area contributed by atoms with Crippen molar-refractivity contribution in [2.24, 2.45) is 0 Å². The molecule has 4 rings (SSSR count). The molecule has 27 heavy (non-hydrogen) atoms. The number of hydrogen-bond donors (Lipinski definition) is 1. The lowest BCUT2D eigenvalue weighted by Crippen LogP contribution is -1.86. The molecular formula is C18H14FN5O2S. The van der Waals surface area contributed by atoms with Crippen molar-refractivity contribution in [3.63, 3.8) is 0 Å². The number of nitrogens with zero attached hydrogens (tertiary/aromatic N) is 4. The van der Waals surface area contributed by atoms with Crippen LogP contribution in [0.5, 0.6) is 5.75 Å². The zero-order valence-corrected chi connectivity index (χ0v) is 15.0. The van der Waals surface area contributed by atoms with Crippen LogP contribution in [-0.4, -0.2) is 32.4 Å². The summed E-state index contributed by atoms with van der Waals surface area (Å²) in [5, 5.41) is 11.3. The molecule has 0 aliphatic rings. The highest BCUT2D eigenvalue weighted by atomic mass is 32.2. The fraction of sp³-hybridized carbons (Fsp3) is 0.111. The molecule has 2 heterocycles. The van der Waals surface area contributed by atoms with Gasteiger partial charge in [0.2, 0.25) is 16.9 Å². The fourth-order valence-electron chi connectivity index (χ4n) is 2.38. The molecule has 0 saturated carbocycles. The lowest BCUT2D eigenvalue weighted by atomic mass is 10.2. The smallest absolute Gasteiger partial charge is 0.237 e. The van der Waals surface area contributed by atoms with Crippen LogP contribution in [0.25, 0.3) is 22.8 Å². The Balaban J connectivity index is 1.42. The van der Waals surface area contributed by atoms with Crippen LogP contribution in [0.1, 0.15) is 5.89 Å². The largest absolute Gasteiger partial charge is 0.497 e. The number of halogens is 1. The second-order valence-corrected chi connectivity index (χ2v) is 6.42. The van der Waals surface area contributed by atoms with E-state index in [1.165, 1.54) is 17.8 Å². The molecule has 1 N–H and O–H groups in total. The molecule has 0 radical (unpaired) electrons. The number of nitrogens with one attached hydrogen (secondary N) is 1. The first kappa shape index (κ1) is 17.2. The first-order valence-electron chi connectivity index (χ1n) is 8.00. The van der Waals surface area contributed by atoms with Crippen molar-refractivity contribution in [1.29, 1.82) is 0 Å². The number of hydrogen-bond acceptors (Lipinski definition) is 7. The molecule has 2 aromatic heterocycles. The Morgan fingerprint density at radius 1 is 1.11 bits per heavy atom. The van der Waals surface area contributed by atoms with Gasteiger partial charge in [0.25, 0.3) is 0 Å². The quantitative estimate of drug-likeness (QED) is 0.504. The van der Waals surface area contributed by atoms with E-state index in [0.717, 1.165) is 11.3 Å². The third-order valence-corrected chi connectivity index (χ3v) is 4.57. The SMILES string of the molecule is COc1ccc(-c2noc(CSc3n[nH]c(-c4ccccc4F)n3)n2)cc1. The molecule has 0 spiro atoms. The average Bonchev–Trinajstić information content (AvgIpc) is 3.36. The van der Waals surface area contributed by atoms with E-state index in [0.29, 0.717) is 34.0 Å². The molecule has 2 aromatic carbocycles. The maximum Gasteiger partial charge on any atom is 0.237 e. The number of rotatable bonds is 6. The topological polar surface area (TPSA) is 89.7 Å². The normalized spacial score (nSPS) is 10.9. The number of thioether (sulfide) groups is 1. The summed E-state index contributed by atoms with van der Waals surface area (Å²) in [7, 11) is 1.61. The minimum atomic E-state index is -0.355. The molecule has 0 atom stereocenters. The van der Waals surface area contributed by atoms with Crippen LogP contribution >= 0.6 is 11.8 Å². The molecule has 7 nitrogen and oxygen atoms in total. The molecule has 9 heteroatoms. The maximum atomic E-state index is 13.8. The van der Waals surface area contributed by atoms with Crippen LogP contribution in [0, 0.1) is 5.82 Å². The van der Waals surface area contributed by atoms with Crippen molar-refractivity contribution in [2.75, 3.05) is 7.11 Å². The van der Waals surface area contributed by atoms with Gasteiger partial charge in [-0.1, -0.05) is 29.1 Å². The van der Waals surface area contributed by atoms with Crippen LogP contribution in [0.3, 0.4) is 0 Å². The summed E-state index contributed by atoms with van der Waals surface area (Å²) in [6, 6.07) is 13.8. The summed E-state index contributed by atoms with van der Waals surface area (Å²) in [4.78, 5) is 8.66. The van der Waals surface area contributed by atoms with Gasteiger partial charge in [-0.15, -0.1) is 5.10 Å². The summed E-state index contributed by atoms with van der Waals surface area (Å²) >= 11 is 1.32. The second-order valence-electron chi connectivity index (χ2n) is 5.48. The van der Waals surface area contributed by atoms with Crippen LogP contribution in [-0.2, 0) is 5.75 Å². The third kappa shape index (κ3) is 3.82. The van der Waals surface area contributed by atoms with Crippen LogP contribution < -0.4 is 4.74 Å². The van der Waals surface area contributed by atoms with E-state index in [2.05, 4.69) is 25.3 Å². The molecule has 0 aliphatic heterocycles. The van der Waals surface area contributed by atoms with E-state index in [9.17, 15) is 4.39 Å². The van der Waals surface area contributed by atoms with E-state index in [1.54, 1.807) is 25.3 Å². The molecular weight excluding hydrogens is 369 g/mol. The number of H-pyrrole nitrogens is 1. The molecule has 4 aromatic rings. The monoisotopic (exact) mass is 383 g/mol. The second kappa shape index (κ2) is 7.58. The highest BCUT2D eigenvalue weighted by molar-refractivity contribution is 7.98.